The van der Waals surface area contributed by atoms with Crippen molar-refractivity contribution < 1.29 is 5.11 Å². The van der Waals surface area contributed by atoms with Gasteiger partial charge in [-0.25, -0.2) is 4.98 Å². The average Bonchev–Trinajstić information content (AvgIpc) is 3.80. The lowest BCUT2D eigenvalue weighted by atomic mass is 9.78. The number of nitrogens with zero attached hydrogens (tertiary/aromatic N) is 3. The van der Waals surface area contributed by atoms with Crippen LogP contribution >= 0.6 is 0 Å². The molecule has 1 aliphatic carbocycles. The van der Waals surface area contributed by atoms with E-state index in [0.717, 1.165) is 72.5 Å². The van der Waals surface area contributed by atoms with Crippen molar-refractivity contribution in [1.82, 2.24) is 14.5 Å². The summed E-state index contributed by atoms with van der Waals surface area (Å²) in [7, 11) is 0. The Morgan fingerprint density at radius 2 is 1.09 bits per heavy atom. The summed E-state index contributed by atoms with van der Waals surface area (Å²) in [4.78, 5) is 10.8. The number of para-hydroxylation sites is 1. The minimum absolute atomic E-state index is 0.0821. The summed E-state index contributed by atoms with van der Waals surface area (Å²) in [5.41, 5.74) is 19.6. The van der Waals surface area contributed by atoms with Crippen LogP contribution in [-0.2, 0) is 21.7 Å². The van der Waals surface area contributed by atoms with Gasteiger partial charge in [-0.2, -0.15) is 0 Å². The highest BCUT2D eigenvalue weighted by atomic mass is 16.3. The molecule has 4 heteroatoms. The number of rotatable bonds is 6. The summed E-state index contributed by atoms with van der Waals surface area (Å²) < 4.78 is 2.32. The zero-order valence-corrected chi connectivity index (χ0v) is 40.9. The second-order valence-corrected chi connectivity index (χ2v) is 22.1. The normalized spacial score (nSPS) is 13.5. The third-order valence-corrected chi connectivity index (χ3v) is 14.0. The van der Waals surface area contributed by atoms with Crippen molar-refractivity contribution in [2.24, 2.45) is 0 Å². The second-order valence-electron chi connectivity index (χ2n) is 22.1. The maximum atomic E-state index is 12.7. The van der Waals surface area contributed by atoms with E-state index in [1.165, 1.54) is 27.8 Å². The summed E-state index contributed by atoms with van der Waals surface area (Å²) in [6, 6.07) is 56.9. The zero-order valence-electron chi connectivity index (χ0n) is 40.9. The molecule has 0 saturated carbocycles. The molecule has 0 radical (unpaired) electrons. The third kappa shape index (κ3) is 7.57. The van der Waals surface area contributed by atoms with Crippen LogP contribution in [0.1, 0.15) is 104 Å². The predicted octanol–water partition coefficient (Wildman–Crippen LogP) is 16.7. The summed E-state index contributed by atoms with van der Waals surface area (Å²) in [5, 5.41) is 12.7. The number of pyridine rings is 1. The van der Waals surface area contributed by atoms with Gasteiger partial charge in [0.15, 0.2) is 0 Å². The molecule has 67 heavy (non-hydrogen) atoms. The molecular formula is C63H61N3O. The molecule has 9 aromatic rings. The highest BCUT2D eigenvalue weighted by molar-refractivity contribution is 6.01. The monoisotopic (exact) mass is 875 g/mol. The van der Waals surface area contributed by atoms with Crippen LogP contribution < -0.4 is 0 Å². The van der Waals surface area contributed by atoms with Crippen LogP contribution in [-0.4, -0.2) is 19.6 Å². The Hall–Kier alpha value is -7.04. The molecule has 0 saturated heterocycles. The molecule has 0 bridgehead atoms. The molecule has 7 aromatic carbocycles. The Bertz CT molecular complexity index is 3370. The zero-order chi connectivity index (χ0) is 47.2. The Morgan fingerprint density at radius 1 is 0.478 bits per heavy atom. The molecule has 0 spiro atoms. The molecule has 0 aliphatic heterocycles. The first kappa shape index (κ1) is 43.8. The molecule has 2 heterocycles. The van der Waals surface area contributed by atoms with E-state index in [-0.39, 0.29) is 27.4 Å². The van der Waals surface area contributed by atoms with Gasteiger partial charge in [-0.05, 0) is 120 Å². The number of phenols is 1. The highest BCUT2D eigenvalue weighted by Gasteiger charge is 2.39. The van der Waals surface area contributed by atoms with Gasteiger partial charge < -0.3 is 5.11 Å². The van der Waals surface area contributed by atoms with E-state index in [2.05, 4.69) is 238 Å². The number of benzene rings is 7. The van der Waals surface area contributed by atoms with Gasteiger partial charge >= 0.3 is 0 Å². The van der Waals surface area contributed by atoms with Crippen molar-refractivity contribution in [2.75, 3.05) is 0 Å². The van der Waals surface area contributed by atoms with Crippen LogP contribution in [0.25, 0.3) is 83.9 Å². The lowest BCUT2D eigenvalue weighted by molar-refractivity contribution is 0.446. The van der Waals surface area contributed by atoms with Gasteiger partial charge in [0.2, 0.25) is 0 Å². The average molecular weight is 876 g/mol. The standard InChI is InChI=1S/C63H61N3O/c1-60(2,3)43-29-30-54(47(36-43)40-23-16-13-17-24-40)66-55-28-20-26-46(57(55)65-59(66)50-37-44(61(4,5)6)38-52(58(50)67)62(7,8)9)49-34-42(53-35-41(31-32-64-53)39-21-14-12-15-22-39)33-48-45-25-18-19-27-51(45)63(10,11)56(48)49/h12-38,67H,1-11H3. The van der Waals surface area contributed by atoms with Crippen molar-refractivity contribution >= 4 is 11.0 Å². The predicted molar refractivity (Wildman–Crippen MR) is 281 cm³/mol. The number of aromatic nitrogens is 3. The first-order chi connectivity index (χ1) is 31.8. The molecular weight excluding hydrogens is 815 g/mol. The number of hydrogen-bond acceptors (Lipinski definition) is 3. The van der Waals surface area contributed by atoms with Crippen molar-refractivity contribution in [1.29, 1.82) is 0 Å². The molecule has 334 valence electrons. The topological polar surface area (TPSA) is 50.9 Å². The first-order valence-corrected chi connectivity index (χ1v) is 23.7. The van der Waals surface area contributed by atoms with E-state index in [1.807, 2.05) is 6.20 Å². The Balaban J connectivity index is 1.33. The quantitative estimate of drug-likeness (QED) is 0.181. The summed E-state index contributed by atoms with van der Waals surface area (Å²) in [6.07, 6.45) is 1.93. The molecule has 0 amide bonds. The first-order valence-electron chi connectivity index (χ1n) is 23.7. The van der Waals surface area contributed by atoms with E-state index < -0.39 is 0 Å². The van der Waals surface area contributed by atoms with Gasteiger partial charge in [-0.15, -0.1) is 0 Å². The lowest BCUT2D eigenvalue weighted by Gasteiger charge is -2.28. The molecule has 1 aliphatic rings. The fourth-order valence-corrected chi connectivity index (χ4v) is 10.3. The van der Waals surface area contributed by atoms with Crippen LogP contribution in [0, 0.1) is 0 Å². The van der Waals surface area contributed by atoms with Crippen LogP contribution in [0.5, 0.6) is 5.75 Å². The number of imidazole rings is 1. The van der Waals surface area contributed by atoms with Gasteiger partial charge in [0, 0.05) is 33.9 Å². The van der Waals surface area contributed by atoms with Crippen LogP contribution in [0.2, 0.25) is 0 Å². The second kappa shape index (κ2) is 15.8. The summed E-state index contributed by atoms with van der Waals surface area (Å²) >= 11 is 0. The summed E-state index contributed by atoms with van der Waals surface area (Å²) in [5.74, 6) is 0.958. The molecule has 2 aromatic heterocycles. The van der Waals surface area contributed by atoms with E-state index in [4.69, 9.17) is 9.97 Å². The molecule has 4 nitrogen and oxygen atoms in total. The summed E-state index contributed by atoms with van der Waals surface area (Å²) in [6.45, 7) is 24.8. The number of hydrogen-bond donors (Lipinski definition) is 1. The number of aromatic hydroxyl groups is 1. The number of phenolic OH excluding ortho intramolecular Hbond substituents is 1. The van der Waals surface area contributed by atoms with E-state index >= 15 is 0 Å². The van der Waals surface area contributed by atoms with Crippen LogP contribution in [0.3, 0.4) is 0 Å². The van der Waals surface area contributed by atoms with E-state index in [1.54, 1.807) is 0 Å². The SMILES string of the molecule is CC(C)(C)c1ccc(-n2c(-c3cc(C(C)(C)C)cc(C(C)(C)C)c3O)nc3c(-c4cc(-c5cc(-c6ccccc6)ccn5)cc5c4C(C)(C)c4ccccc4-5)cccc32)c(-c2ccccc2)c1. The maximum Gasteiger partial charge on any atom is 0.149 e. The van der Waals surface area contributed by atoms with Crippen molar-refractivity contribution in [3.8, 4) is 78.6 Å². The molecule has 0 fully saturated rings. The molecule has 0 atom stereocenters. The molecule has 10 rings (SSSR count). The van der Waals surface area contributed by atoms with E-state index in [0.29, 0.717) is 11.4 Å². The largest absolute Gasteiger partial charge is 0.507 e. The fourth-order valence-electron chi connectivity index (χ4n) is 10.3. The van der Waals surface area contributed by atoms with Gasteiger partial charge in [0.25, 0.3) is 0 Å². The van der Waals surface area contributed by atoms with Gasteiger partial charge in [0.05, 0.1) is 28.0 Å². The van der Waals surface area contributed by atoms with Gasteiger partial charge in [0.1, 0.15) is 11.6 Å². The van der Waals surface area contributed by atoms with E-state index in [9.17, 15) is 5.11 Å². The highest BCUT2D eigenvalue weighted by Crippen LogP contribution is 2.55. The fraction of sp³-hybridized carbons (Fsp3) is 0.238. The number of fused-ring (bicyclic) bond motifs is 4. The van der Waals surface area contributed by atoms with Crippen LogP contribution in [0.15, 0.2) is 164 Å². The van der Waals surface area contributed by atoms with Crippen molar-refractivity contribution in [2.45, 2.75) is 97.8 Å². The van der Waals surface area contributed by atoms with Crippen molar-refractivity contribution in [3.63, 3.8) is 0 Å². The Morgan fingerprint density at radius 3 is 1.76 bits per heavy atom. The smallest absolute Gasteiger partial charge is 0.149 e. The minimum Gasteiger partial charge on any atom is -0.507 e. The molecule has 1 N–H and O–H groups in total. The molecule has 0 unspecified atom stereocenters. The Kier molecular flexibility index (Phi) is 10.3. The third-order valence-electron chi connectivity index (χ3n) is 14.0. The van der Waals surface area contributed by atoms with Crippen LogP contribution in [0.4, 0.5) is 0 Å². The lowest BCUT2D eigenvalue weighted by Crippen LogP contribution is -2.17. The van der Waals surface area contributed by atoms with Crippen molar-refractivity contribution in [3.05, 3.63) is 192 Å². The van der Waals surface area contributed by atoms with Gasteiger partial charge in [-0.3, -0.25) is 9.55 Å². The maximum absolute atomic E-state index is 12.7. The Labute approximate surface area is 397 Å². The van der Waals surface area contributed by atoms with Gasteiger partial charge in [-0.1, -0.05) is 185 Å². The minimum atomic E-state index is -0.334.